The first-order valence-electron chi connectivity index (χ1n) is 8.39. The summed E-state index contributed by atoms with van der Waals surface area (Å²) < 4.78 is 5.60. The van der Waals surface area contributed by atoms with Gasteiger partial charge in [0, 0.05) is 38.9 Å². The summed E-state index contributed by atoms with van der Waals surface area (Å²) in [5.41, 5.74) is 1.08. The first-order valence-corrected chi connectivity index (χ1v) is 8.39. The van der Waals surface area contributed by atoms with Crippen molar-refractivity contribution in [3.8, 4) is 5.75 Å². The van der Waals surface area contributed by atoms with E-state index in [0.29, 0.717) is 13.0 Å². The molecule has 126 valence electrons. The SMILES string of the molecule is O=C(CCOc1ccccc1)N1CCN(Cc2ccccn2)CC1. The maximum Gasteiger partial charge on any atom is 0.226 e. The van der Waals surface area contributed by atoms with Gasteiger partial charge in [-0.3, -0.25) is 14.7 Å². The summed E-state index contributed by atoms with van der Waals surface area (Å²) in [6.07, 6.45) is 2.25. The van der Waals surface area contributed by atoms with Crippen LogP contribution in [0.15, 0.2) is 54.7 Å². The molecule has 1 aromatic carbocycles. The predicted octanol–water partition coefficient (Wildman–Crippen LogP) is 2.19. The standard InChI is InChI=1S/C19H23N3O2/c23-19(9-15-24-18-7-2-1-3-8-18)22-13-11-21(12-14-22)16-17-6-4-5-10-20-17/h1-8,10H,9,11-16H2. The van der Waals surface area contributed by atoms with Crippen molar-refractivity contribution < 1.29 is 9.53 Å². The van der Waals surface area contributed by atoms with Gasteiger partial charge in [0.2, 0.25) is 5.91 Å². The number of pyridine rings is 1. The summed E-state index contributed by atoms with van der Waals surface area (Å²) >= 11 is 0. The van der Waals surface area contributed by atoms with Crippen LogP contribution in [-0.4, -0.2) is 53.5 Å². The Morgan fingerprint density at radius 1 is 1.00 bits per heavy atom. The molecule has 1 aliphatic heterocycles. The third-order valence-electron chi connectivity index (χ3n) is 4.16. The summed E-state index contributed by atoms with van der Waals surface area (Å²) in [6, 6.07) is 15.6. The average molecular weight is 325 g/mol. The second-order valence-corrected chi connectivity index (χ2v) is 5.89. The maximum atomic E-state index is 12.3. The van der Waals surface area contributed by atoms with Crippen molar-refractivity contribution in [1.82, 2.24) is 14.8 Å². The van der Waals surface area contributed by atoms with E-state index >= 15 is 0 Å². The Balaban J connectivity index is 1.37. The van der Waals surface area contributed by atoms with Crippen molar-refractivity contribution in [3.05, 3.63) is 60.4 Å². The molecular formula is C19H23N3O2. The fraction of sp³-hybridized carbons (Fsp3) is 0.368. The molecule has 0 bridgehead atoms. The first kappa shape index (κ1) is 16.5. The number of aromatic nitrogens is 1. The summed E-state index contributed by atoms with van der Waals surface area (Å²) in [4.78, 5) is 20.9. The topological polar surface area (TPSA) is 45.7 Å². The molecule has 1 aliphatic rings. The molecule has 0 N–H and O–H groups in total. The fourth-order valence-corrected chi connectivity index (χ4v) is 2.81. The number of nitrogens with zero attached hydrogens (tertiary/aromatic N) is 3. The van der Waals surface area contributed by atoms with Crippen molar-refractivity contribution in [2.45, 2.75) is 13.0 Å². The molecule has 0 radical (unpaired) electrons. The van der Waals surface area contributed by atoms with Gasteiger partial charge in [0.25, 0.3) is 0 Å². The van der Waals surface area contributed by atoms with E-state index in [0.717, 1.165) is 44.2 Å². The minimum atomic E-state index is 0.170. The maximum absolute atomic E-state index is 12.3. The van der Waals surface area contributed by atoms with Crippen molar-refractivity contribution >= 4 is 5.91 Å². The van der Waals surface area contributed by atoms with Crippen molar-refractivity contribution in [2.75, 3.05) is 32.8 Å². The monoisotopic (exact) mass is 325 g/mol. The van der Waals surface area contributed by atoms with Gasteiger partial charge in [-0.05, 0) is 24.3 Å². The third kappa shape index (κ3) is 4.80. The fourth-order valence-electron chi connectivity index (χ4n) is 2.81. The lowest BCUT2D eigenvalue weighted by Crippen LogP contribution is -2.48. The summed E-state index contributed by atoms with van der Waals surface area (Å²) in [5.74, 6) is 0.980. The second-order valence-electron chi connectivity index (χ2n) is 5.89. The number of carbonyl (C=O) groups is 1. The second kappa shape index (κ2) is 8.45. The highest BCUT2D eigenvalue weighted by atomic mass is 16.5. The molecule has 1 amide bonds. The number of amides is 1. The Morgan fingerprint density at radius 3 is 2.46 bits per heavy atom. The van der Waals surface area contributed by atoms with E-state index in [4.69, 9.17) is 4.74 Å². The van der Waals surface area contributed by atoms with Crippen LogP contribution in [0.3, 0.4) is 0 Å². The van der Waals surface area contributed by atoms with Crippen LogP contribution in [0, 0.1) is 0 Å². The van der Waals surface area contributed by atoms with E-state index < -0.39 is 0 Å². The van der Waals surface area contributed by atoms with Crippen molar-refractivity contribution in [3.63, 3.8) is 0 Å². The average Bonchev–Trinajstić information content (AvgIpc) is 2.64. The Bertz CT molecular complexity index is 626. The molecule has 0 atom stereocenters. The molecule has 5 heteroatoms. The van der Waals surface area contributed by atoms with Gasteiger partial charge in [-0.15, -0.1) is 0 Å². The van der Waals surface area contributed by atoms with Crippen LogP contribution in [0.25, 0.3) is 0 Å². The minimum Gasteiger partial charge on any atom is -0.493 e. The number of hydrogen-bond donors (Lipinski definition) is 0. The number of hydrogen-bond acceptors (Lipinski definition) is 4. The number of carbonyl (C=O) groups excluding carboxylic acids is 1. The van der Waals surface area contributed by atoms with Crippen molar-refractivity contribution in [2.24, 2.45) is 0 Å². The zero-order valence-electron chi connectivity index (χ0n) is 13.8. The molecule has 0 saturated carbocycles. The molecule has 5 nitrogen and oxygen atoms in total. The summed E-state index contributed by atoms with van der Waals surface area (Å²) in [6.45, 7) is 4.61. The number of rotatable bonds is 6. The predicted molar refractivity (Wildman–Crippen MR) is 92.6 cm³/mol. The lowest BCUT2D eigenvalue weighted by atomic mass is 10.2. The Morgan fingerprint density at radius 2 is 1.75 bits per heavy atom. The normalized spacial score (nSPS) is 15.2. The highest BCUT2D eigenvalue weighted by Crippen LogP contribution is 2.10. The molecule has 3 rings (SSSR count). The molecule has 2 heterocycles. The Labute approximate surface area is 142 Å². The van der Waals surface area contributed by atoms with Gasteiger partial charge in [0.05, 0.1) is 18.7 Å². The van der Waals surface area contributed by atoms with Crippen LogP contribution < -0.4 is 4.74 Å². The lowest BCUT2D eigenvalue weighted by molar-refractivity contribution is -0.133. The molecule has 1 aromatic heterocycles. The van der Waals surface area contributed by atoms with E-state index in [1.807, 2.05) is 59.6 Å². The third-order valence-corrected chi connectivity index (χ3v) is 4.16. The van der Waals surface area contributed by atoms with Gasteiger partial charge in [0.1, 0.15) is 5.75 Å². The van der Waals surface area contributed by atoms with E-state index in [9.17, 15) is 4.79 Å². The summed E-state index contributed by atoms with van der Waals surface area (Å²) in [5, 5.41) is 0. The van der Waals surface area contributed by atoms with Crippen LogP contribution in [-0.2, 0) is 11.3 Å². The Kier molecular flexibility index (Phi) is 5.80. The van der Waals surface area contributed by atoms with E-state index in [1.54, 1.807) is 0 Å². The smallest absolute Gasteiger partial charge is 0.226 e. The Hall–Kier alpha value is -2.40. The number of benzene rings is 1. The van der Waals surface area contributed by atoms with E-state index in [2.05, 4.69) is 9.88 Å². The quantitative estimate of drug-likeness (QED) is 0.817. The van der Waals surface area contributed by atoms with Gasteiger partial charge in [-0.25, -0.2) is 0 Å². The van der Waals surface area contributed by atoms with Gasteiger partial charge in [-0.1, -0.05) is 24.3 Å². The van der Waals surface area contributed by atoms with Crippen LogP contribution >= 0.6 is 0 Å². The highest BCUT2D eigenvalue weighted by Gasteiger charge is 2.21. The van der Waals surface area contributed by atoms with E-state index in [1.165, 1.54) is 0 Å². The lowest BCUT2D eigenvalue weighted by Gasteiger charge is -2.34. The summed E-state index contributed by atoms with van der Waals surface area (Å²) in [7, 11) is 0. The number of piperazine rings is 1. The molecule has 24 heavy (non-hydrogen) atoms. The zero-order valence-corrected chi connectivity index (χ0v) is 13.8. The van der Waals surface area contributed by atoms with Gasteiger partial charge >= 0.3 is 0 Å². The highest BCUT2D eigenvalue weighted by molar-refractivity contribution is 5.76. The number of ether oxygens (including phenoxy) is 1. The van der Waals surface area contributed by atoms with Crippen LogP contribution in [0.5, 0.6) is 5.75 Å². The zero-order chi connectivity index (χ0) is 16.6. The molecule has 0 aliphatic carbocycles. The number of para-hydroxylation sites is 1. The molecule has 0 spiro atoms. The molecule has 2 aromatic rings. The van der Waals surface area contributed by atoms with Crippen molar-refractivity contribution in [1.29, 1.82) is 0 Å². The van der Waals surface area contributed by atoms with Gasteiger partial charge in [-0.2, -0.15) is 0 Å². The molecule has 0 unspecified atom stereocenters. The molecular weight excluding hydrogens is 302 g/mol. The van der Waals surface area contributed by atoms with Crippen LogP contribution in [0.2, 0.25) is 0 Å². The minimum absolute atomic E-state index is 0.170. The van der Waals surface area contributed by atoms with Crippen LogP contribution in [0.1, 0.15) is 12.1 Å². The van der Waals surface area contributed by atoms with Gasteiger partial charge < -0.3 is 9.64 Å². The van der Waals surface area contributed by atoms with E-state index in [-0.39, 0.29) is 5.91 Å². The molecule has 1 saturated heterocycles. The largest absolute Gasteiger partial charge is 0.493 e. The van der Waals surface area contributed by atoms with Crippen LogP contribution in [0.4, 0.5) is 0 Å². The molecule has 1 fully saturated rings. The first-order chi connectivity index (χ1) is 11.8. The van der Waals surface area contributed by atoms with Gasteiger partial charge in [0.15, 0.2) is 0 Å².